The Morgan fingerprint density at radius 1 is 1.26 bits per heavy atom. The van der Waals surface area contributed by atoms with Gasteiger partial charge in [-0.05, 0) is 26.8 Å². The van der Waals surface area contributed by atoms with E-state index >= 15 is 0 Å². The van der Waals surface area contributed by atoms with Crippen LogP contribution >= 0.6 is 11.9 Å². The minimum atomic E-state index is -3.68. The largest absolute Gasteiger partial charge is 0.322 e. The van der Waals surface area contributed by atoms with Crippen molar-refractivity contribution in [3.8, 4) is 0 Å². The second-order valence-corrected chi connectivity index (χ2v) is 6.74. The Hall–Kier alpha value is -1.01. The number of rotatable bonds is 5. The molecule has 106 valence electrons. The van der Waals surface area contributed by atoms with Crippen LogP contribution in [0, 0.1) is 5.82 Å². The normalized spacial score (nSPS) is 14.2. The van der Waals surface area contributed by atoms with Crippen molar-refractivity contribution in [3.05, 3.63) is 35.6 Å². The van der Waals surface area contributed by atoms with Gasteiger partial charge in [-0.1, -0.05) is 30.1 Å². The summed E-state index contributed by atoms with van der Waals surface area (Å²) in [5, 5.41) is 0. The molecule has 1 N–H and O–H groups in total. The third kappa shape index (κ3) is 4.54. The molecule has 0 amide bonds. The van der Waals surface area contributed by atoms with E-state index in [1.807, 2.05) is 20.8 Å². The van der Waals surface area contributed by atoms with Crippen molar-refractivity contribution in [3.63, 3.8) is 0 Å². The Bertz CT molecular complexity index is 446. The number of hydrogen-bond acceptors (Lipinski definition) is 3. The highest BCUT2D eigenvalue weighted by atomic mass is 32.2. The predicted molar refractivity (Wildman–Crippen MR) is 70.6 cm³/mol. The van der Waals surface area contributed by atoms with Crippen LogP contribution in [-0.2, 0) is 4.79 Å². The average Bonchev–Trinajstić information content (AvgIpc) is 2.30. The summed E-state index contributed by atoms with van der Waals surface area (Å²) in [6, 6.07) is 3.50. The van der Waals surface area contributed by atoms with E-state index in [1.165, 1.54) is 18.2 Å². The van der Waals surface area contributed by atoms with E-state index in [0.717, 1.165) is 18.0 Å². The molecule has 0 heterocycles. The standard InChI is InChI=1S/C13H16F3NOS/c1-12(2,3)19-17-11(13(15,16)8-18)9-6-4-5-7-10(9)14/h4-8,11,17H,1-3H3. The van der Waals surface area contributed by atoms with Gasteiger partial charge in [-0.15, -0.1) is 0 Å². The van der Waals surface area contributed by atoms with Crippen LogP contribution in [0.15, 0.2) is 24.3 Å². The number of halogens is 3. The van der Waals surface area contributed by atoms with Crippen LogP contribution in [0.5, 0.6) is 0 Å². The summed E-state index contributed by atoms with van der Waals surface area (Å²) in [5.74, 6) is -4.45. The predicted octanol–water partition coefficient (Wildman–Crippen LogP) is 3.74. The SMILES string of the molecule is CC(C)(C)SNC(c1ccccc1F)C(F)(F)C=O. The Kier molecular flexibility index (Phi) is 5.04. The van der Waals surface area contributed by atoms with E-state index < -0.39 is 24.1 Å². The van der Waals surface area contributed by atoms with Gasteiger partial charge in [0.25, 0.3) is 0 Å². The lowest BCUT2D eigenvalue weighted by atomic mass is 10.0. The number of alkyl halides is 2. The van der Waals surface area contributed by atoms with Gasteiger partial charge in [0.2, 0.25) is 0 Å². The lowest BCUT2D eigenvalue weighted by Gasteiger charge is -2.27. The fourth-order valence-electron chi connectivity index (χ4n) is 1.36. The van der Waals surface area contributed by atoms with Crippen molar-refractivity contribution in [2.45, 2.75) is 37.5 Å². The van der Waals surface area contributed by atoms with Crippen molar-refractivity contribution in [1.82, 2.24) is 4.72 Å². The fraction of sp³-hybridized carbons (Fsp3) is 0.462. The third-order valence-electron chi connectivity index (χ3n) is 2.24. The minimum absolute atomic E-state index is 0.226. The number of carbonyl (C=O) groups excluding carboxylic acids is 1. The molecular weight excluding hydrogens is 275 g/mol. The van der Waals surface area contributed by atoms with Crippen molar-refractivity contribution in [2.75, 3.05) is 0 Å². The average molecular weight is 291 g/mol. The van der Waals surface area contributed by atoms with Gasteiger partial charge in [-0.25, -0.2) is 9.11 Å². The molecule has 1 rings (SSSR count). The van der Waals surface area contributed by atoms with Crippen LogP contribution < -0.4 is 4.72 Å². The molecule has 0 aliphatic carbocycles. The zero-order chi connectivity index (χ0) is 14.7. The van der Waals surface area contributed by atoms with Crippen molar-refractivity contribution < 1.29 is 18.0 Å². The van der Waals surface area contributed by atoms with Gasteiger partial charge in [0.1, 0.15) is 11.9 Å². The highest BCUT2D eigenvalue weighted by Gasteiger charge is 2.42. The molecule has 1 aromatic carbocycles. The highest BCUT2D eigenvalue weighted by Crippen LogP contribution is 2.35. The Morgan fingerprint density at radius 2 is 1.84 bits per heavy atom. The molecule has 0 radical (unpaired) electrons. The molecule has 0 saturated carbocycles. The van der Waals surface area contributed by atoms with Gasteiger partial charge >= 0.3 is 5.92 Å². The van der Waals surface area contributed by atoms with E-state index in [1.54, 1.807) is 0 Å². The van der Waals surface area contributed by atoms with Crippen molar-refractivity contribution in [2.24, 2.45) is 0 Å². The third-order valence-corrected chi connectivity index (χ3v) is 3.21. The van der Waals surface area contributed by atoms with Crippen LogP contribution in [0.4, 0.5) is 13.2 Å². The van der Waals surface area contributed by atoms with Gasteiger partial charge in [0.15, 0.2) is 6.29 Å². The number of hydrogen-bond donors (Lipinski definition) is 1. The number of carbonyl (C=O) groups is 1. The maximum absolute atomic E-state index is 13.6. The smallest absolute Gasteiger partial charge is 0.297 e. The Balaban J connectivity index is 3.07. The molecule has 2 nitrogen and oxygen atoms in total. The van der Waals surface area contributed by atoms with Crippen LogP contribution in [-0.4, -0.2) is 17.0 Å². The molecule has 6 heteroatoms. The fourth-order valence-corrected chi connectivity index (χ4v) is 2.12. The molecule has 0 fully saturated rings. The zero-order valence-electron chi connectivity index (χ0n) is 10.9. The molecule has 19 heavy (non-hydrogen) atoms. The summed E-state index contributed by atoms with van der Waals surface area (Å²) in [6.07, 6.45) is -0.458. The van der Waals surface area contributed by atoms with E-state index in [4.69, 9.17) is 0 Å². The van der Waals surface area contributed by atoms with Crippen LogP contribution in [0.25, 0.3) is 0 Å². The number of benzene rings is 1. The summed E-state index contributed by atoms with van der Waals surface area (Å²) < 4.78 is 43.1. The molecule has 1 aromatic rings. The van der Waals surface area contributed by atoms with Gasteiger partial charge in [-0.3, -0.25) is 4.79 Å². The summed E-state index contributed by atoms with van der Waals surface area (Å²) in [7, 11) is 0. The van der Waals surface area contributed by atoms with Gasteiger partial charge < -0.3 is 0 Å². The first-order chi connectivity index (χ1) is 8.67. The maximum Gasteiger partial charge on any atom is 0.322 e. The molecule has 0 bridgehead atoms. The van der Waals surface area contributed by atoms with Gasteiger partial charge in [-0.2, -0.15) is 8.78 Å². The molecular formula is C13H16F3NOS. The van der Waals surface area contributed by atoms with E-state index in [-0.39, 0.29) is 10.3 Å². The maximum atomic E-state index is 13.6. The number of aldehydes is 1. The number of nitrogens with one attached hydrogen (secondary N) is 1. The quantitative estimate of drug-likeness (QED) is 0.662. The summed E-state index contributed by atoms with van der Waals surface area (Å²) in [4.78, 5) is 10.6. The second-order valence-electron chi connectivity index (χ2n) is 5.08. The van der Waals surface area contributed by atoms with Crippen LogP contribution in [0.1, 0.15) is 32.4 Å². The molecule has 1 atom stereocenters. The van der Waals surface area contributed by atoms with Crippen LogP contribution in [0.3, 0.4) is 0 Å². The van der Waals surface area contributed by atoms with Crippen molar-refractivity contribution >= 4 is 18.2 Å². The topological polar surface area (TPSA) is 29.1 Å². The second kappa shape index (κ2) is 5.96. The molecule has 0 saturated heterocycles. The van der Waals surface area contributed by atoms with Gasteiger partial charge in [0, 0.05) is 10.3 Å². The molecule has 0 aromatic heterocycles. The Labute approximate surface area is 114 Å². The molecule has 0 aliphatic rings. The first-order valence-electron chi connectivity index (χ1n) is 5.69. The Morgan fingerprint density at radius 3 is 2.32 bits per heavy atom. The van der Waals surface area contributed by atoms with Crippen LogP contribution in [0.2, 0.25) is 0 Å². The lowest BCUT2D eigenvalue weighted by Crippen LogP contribution is -2.37. The van der Waals surface area contributed by atoms with E-state index in [0.29, 0.717) is 0 Å². The highest BCUT2D eigenvalue weighted by molar-refractivity contribution is 7.98. The van der Waals surface area contributed by atoms with E-state index in [2.05, 4.69) is 4.72 Å². The van der Waals surface area contributed by atoms with Crippen molar-refractivity contribution in [1.29, 1.82) is 0 Å². The zero-order valence-corrected chi connectivity index (χ0v) is 11.7. The summed E-state index contributed by atoms with van der Waals surface area (Å²) in [6.45, 7) is 5.46. The first-order valence-corrected chi connectivity index (χ1v) is 6.51. The monoisotopic (exact) mass is 291 g/mol. The van der Waals surface area contributed by atoms with Gasteiger partial charge in [0.05, 0.1) is 0 Å². The summed E-state index contributed by atoms with van der Waals surface area (Å²) in [5.41, 5.74) is -0.226. The first kappa shape index (κ1) is 16.0. The molecule has 0 aliphatic heterocycles. The summed E-state index contributed by atoms with van der Waals surface area (Å²) >= 11 is 1.03. The molecule has 1 unspecified atom stereocenters. The molecule has 0 spiro atoms. The lowest BCUT2D eigenvalue weighted by molar-refractivity contribution is -0.132. The van der Waals surface area contributed by atoms with E-state index in [9.17, 15) is 18.0 Å². The minimum Gasteiger partial charge on any atom is -0.297 e.